The summed E-state index contributed by atoms with van der Waals surface area (Å²) < 4.78 is 5.49. The summed E-state index contributed by atoms with van der Waals surface area (Å²) >= 11 is 0. The Kier molecular flexibility index (Phi) is 7.12. The first-order valence-electron chi connectivity index (χ1n) is 8.23. The first-order valence-corrected chi connectivity index (χ1v) is 8.23. The van der Waals surface area contributed by atoms with Crippen LogP contribution in [0.4, 0.5) is 0 Å². The average Bonchev–Trinajstić information content (AvgIpc) is 2.61. The van der Waals surface area contributed by atoms with Crippen molar-refractivity contribution >= 4 is 12.0 Å². The molecule has 120 valence electrons. The highest BCUT2D eigenvalue weighted by Crippen LogP contribution is 2.16. The Morgan fingerprint density at radius 2 is 1.70 bits per heavy atom. The summed E-state index contributed by atoms with van der Waals surface area (Å²) in [6.45, 7) is 2.47. The van der Waals surface area contributed by atoms with E-state index in [1.54, 1.807) is 0 Å². The highest BCUT2D eigenvalue weighted by Gasteiger charge is 2.16. The van der Waals surface area contributed by atoms with Crippen LogP contribution in [0.3, 0.4) is 0 Å². The van der Waals surface area contributed by atoms with Crippen LogP contribution >= 0.6 is 0 Å². The summed E-state index contributed by atoms with van der Waals surface area (Å²) in [6, 6.07) is 19.8. The lowest BCUT2D eigenvalue weighted by Gasteiger charge is -2.12. The molecule has 0 unspecified atom stereocenters. The predicted molar refractivity (Wildman–Crippen MR) is 94.7 cm³/mol. The van der Waals surface area contributed by atoms with E-state index in [2.05, 4.69) is 6.92 Å². The maximum atomic E-state index is 12.4. The topological polar surface area (TPSA) is 26.3 Å². The van der Waals surface area contributed by atoms with Gasteiger partial charge in [0.1, 0.15) is 6.61 Å². The quantitative estimate of drug-likeness (QED) is 0.623. The molecule has 23 heavy (non-hydrogen) atoms. The van der Waals surface area contributed by atoms with Crippen LogP contribution in [0.2, 0.25) is 0 Å². The summed E-state index contributed by atoms with van der Waals surface area (Å²) in [6.07, 6.45) is 6.89. The molecule has 2 heteroatoms. The van der Waals surface area contributed by atoms with Gasteiger partial charge < -0.3 is 4.74 Å². The van der Waals surface area contributed by atoms with Gasteiger partial charge in [0, 0.05) is 0 Å². The highest BCUT2D eigenvalue weighted by molar-refractivity contribution is 5.76. The van der Waals surface area contributed by atoms with Crippen LogP contribution in [0.1, 0.15) is 37.3 Å². The fourth-order valence-electron chi connectivity index (χ4n) is 2.34. The second kappa shape index (κ2) is 9.62. The van der Waals surface area contributed by atoms with Crippen molar-refractivity contribution in [2.24, 2.45) is 5.92 Å². The van der Waals surface area contributed by atoms with Crippen LogP contribution in [0.15, 0.2) is 66.7 Å². The maximum Gasteiger partial charge on any atom is 0.313 e. The maximum absolute atomic E-state index is 12.4. The minimum Gasteiger partial charge on any atom is -0.460 e. The first-order chi connectivity index (χ1) is 11.3. The normalized spacial score (nSPS) is 12.2. The van der Waals surface area contributed by atoms with Crippen LogP contribution in [0.5, 0.6) is 0 Å². The minimum absolute atomic E-state index is 0.144. The Hall–Kier alpha value is -2.35. The molecule has 2 nitrogen and oxygen atoms in total. The lowest BCUT2D eigenvalue weighted by molar-refractivity contribution is -0.148. The Bertz CT molecular complexity index is 602. The van der Waals surface area contributed by atoms with E-state index in [9.17, 15) is 4.79 Å². The third-order valence-electron chi connectivity index (χ3n) is 3.72. The van der Waals surface area contributed by atoms with Gasteiger partial charge in [-0.1, -0.05) is 92.6 Å². The van der Waals surface area contributed by atoms with E-state index in [4.69, 9.17) is 4.74 Å². The molecule has 2 aromatic rings. The van der Waals surface area contributed by atoms with E-state index in [1.165, 1.54) is 0 Å². The minimum atomic E-state index is -0.182. The fraction of sp³-hybridized carbons (Fsp3) is 0.286. The number of hydrogen-bond donors (Lipinski definition) is 0. The summed E-state index contributed by atoms with van der Waals surface area (Å²) in [4.78, 5) is 12.4. The van der Waals surface area contributed by atoms with Crippen molar-refractivity contribution in [2.45, 2.75) is 32.8 Å². The van der Waals surface area contributed by atoms with Crippen LogP contribution in [0.25, 0.3) is 6.08 Å². The molecular weight excluding hydrogens is 284 g/mol. The monoisotopic (exact) mass is 308 g/mol. The standard InChI is InChI=1S/C21H24O2/c1-2-3-14-20(16-15-18-10-6-4-7-11-18)21(22)23-17-19-12-8-5-9-13-19/h4-13,15-16,20H,2-3,14,17H2,1H3/b16-15+/t20-/m0/s1. The van der Waals surface area contributed by atoms with Crippen LogP contribution < -0.4 is 0 Å². The van der Waals surface area contributed by atoms with Gasteiger partial charge in [-0.2, -0.15) is 0 Å². The molecule has 0 amide bonds. The zero-order chi connectivity index (χ0) is 16.3. The van der Waals surface area contributed by atoms with Gasteiger partial charge in [-0.15, -0.1) is 0 Å². The molecule has 0 bridgehead atoms. The summed E-state index contributed by atoms with van der Waals surface area (Å²) in [7, 11) is 0. The average molecular weight is 308 g/mol. The Labute approximate surface area is 138 Å². The third kappa shape index (κ3) is 6.11. The van der Waals surface area contributed by atoms with Gasteiger partial charge in [0.25, 0.3) is 0 Å². The van der Waals surface area contributed by atoms with E-state index >= 15 is 0 Å². The molecule has 0 spiro atoms. The van der Waals surface area contributed by atoms with Crippen molar-refractivity contribution in [1.29, 1.82) is 0 Å². The summed E-state index contributed by atoms with van der Waals surface area (Å²) in [5.74, 6) is -0.326. The second-order valence-corrected chi connectivity index (χ2v) is 5.61. The molecule has 0 heterocycles. The molecule has 0 aromatic heterocycles. The van der Waals surface area contributed by atoms with Crippen molar-refractivity contribution in [3.8, 4) is 0 Å². The van der Waals surface area contributed by atoms with E-state index < -0.39 is 0 Å². The van der Waals surface area contributed by atoms with Gasteiger partial charge in [0.05, 0.1) is 5.92 Å². The largest absolute Gasteiger partial charge is 0.460 e. The smallest absolute Gasteiger partial charge is 0.313 e. The fourth-order valence-corrected chi connectivity index (χ4v) is 2.34. The SMILES string of the molecule is CCCC[C@@H](/C=C/c1ccccc1)C(=O)OCc1ccccc1. The van der Waals surface area contributed by atoms with Gasteiger partial charge in [0.15, 0.2) is 0 Å². The first kappa shape index (κ1) is 17.0. The van der Waals surface area contributed by atoms with Crippen molar-refractivity contribution in [2.75, 3.05) is 0 Å². The number of rotatable bonds is 8. The molecule has 0 fully saturated rings. The van der Waals surface area contributed by atoms with Crippen LogP contribution in [-0.2, 0) is 16.1 Å². The number of benzene rings is 2. The van der Waals surface area contributed by atoms with Gasteiger partial charge in [0.2, 0.25) is 0 Å². The molecule has 0 saturated heterocycles. The van der Waals surface area contributed by atoms with E-state index in [0.717, 1.165) is 30.4 Å². The van der Waals surface area contributed by atoms with E-state index in [1.807, 2.05) is 72.8 Å². The van der Waals surface area contributed by atoms with E-state index in [0.29, 0.717) is 6.61 Å². The number of esters is 1. The zero-order valence-electron chi connectivity index (χ0n) is 13.7. The van der Waals surface area contributed by atoms with Gasteiger partial charge in [-0.25, -0.2) is 0 Å². The second-order valence-electron chi connectivity index (χ2n) is 5.61. The summed E-state index contributed by atoms with van der Waals surface area (Å²) in [5, 5.41) is 0. The van der Waals surface area contributed by atoms with Crippen LogP contribution in [-0.4, -0.2) is 5.97 Å². The third-order valence-corrected chi connectivity index (χ3v) is 3.72. The predicted octanol–water partition coefficient (Wildman–Crippen LogP) is 5.25. The van der Waals surface area contributed by atoms with Gasteiger partial charge in [-0.3, -0.25) is 4.79 Å². The molecule has 0 saturated carbocycles. The molecule has 1 atom stereocenters. The molecule has 0 N–H and O–H groups in total. The number of carbonyl (C=O) groups excluding carboxylic acids is 1. The number of unbranched alkanes of at least 4 members (excludes halogenated alkanes) is 1. The molecule has 0 radical (unpaired) electrons. The van der Waals surface area contributed by atoms with Crippen molar-refractivity contribution in [1.82, 2.24) is 0 Å². The van der Waals surface area contributed by atoms with E-state index in [-0.39, 0.29) is 11.9 Å². The van der Waals surface area contributed by atoms with Crippen molar-refractivity contribution in [3.05, 3.63) is 77.9 Å². The van der Waals surface area contributed by atoms with Crippen molar-refractivity contribution < 1.29 is 9.53 Å². The number of ether oxygens (including phenoxy) is 1. The molecule has 2 aromatic carbocycles. The van der Waals surface area contributed by atoms with Crippen molar-refractivity contribution in [3.63, 3.8) is 0 Å². The molecule has 0 aliphatic carbocycles. The molecule has 0 aliphatic rings. The number of hydrogen-bond acceptors (Lipinski definition) is 2. The molecular formula is C21H24O2. The summed E-state index contributed by atoms with van der Waals surface area (Å²) in [5.41, 5.74) is 2.12. The zero-order valence-corrected chi connectivity index (χ0v) is 13.7. The lowest BCUT2D eigenvalue weighted by atomic mass is 10.0. The Balaban J connectivity index is 1.96. The lowest BCUT2D eigenvalue weighted by Crippen LogP contribution is -2.15. The molecule has 2 rings (SSSR count). The highest BCUT2D eigenvalue weighted by atomic mass is 16.5. The Morgan fingerprint density at radius 1 is 1.04 bits per heavy atom. The molecule has 0 aliphatic heterocycles. The van der Waals surface area contributed by atoms with Gasteiger partial charge >= 0.3 is 5.97 Å². The Morgan fingerprint density at radius 3 is 2.35 bits per heavy atom. The van der Waals surface area contributed by atoms with Crippen LogP contribution in [0, 0.1) is 5.92 Å². The van der Waals surface area contributed by atoms with Gasteiger partial charge in [-0.05, 0) is 17.5 Å². The number of carbonyl (C=O) groups is 1.